The molecule has 0 N–H and O–H groups in total. The molecule has 2 heterocycles. The Morgan fingerprint density at radius 1 is 1.00 bits per heavy atom. The second kappa shape index (κ2) is 8.88. The van der Waals surface area contributed by atoms with Crippen molar-refractivity contribution in [2.75, 3.05) is 0 Å². The Hall–Kier alpha value is -2.97. The van der Waals surface area contributed by atoms with Gasteiger partial charge in [0.1, 0.15) is 5.82 Å². The van der Waals surface area contributed by atoms with Crippen LogP contribution in [0.4, 0.5) is 9.18 Å². The summed E-state index contributed by atoms with van der Waals surface area (Å²) < 4.78 is 16.9. The molecule has 1 aliphatic heterocycles. The number of benzene rings is 2. The number of carbonyl (C=O) groups is 3. The van der Waals surface area contributed by atoms with Gasteiger partial charge in [0.15, 0.2) is 6.29 Å². The molecule has 2 amide bonds. The molecule has 3 aromatic rings. The van der Waals surface area contributed by atoms with Gasteiger partial charge in [-0.15, -0.1) is 0 Å². The molecule has 5 nitrogen and oxygen atoms in total. The van der Waals surface area contributed by atoms with E-state index < -0.39 is 17.0 Å². The fourth-order valence-corrected chi connectivity index (χ4v) is 4.84. The van der Waals surface area contributed by atoms with E-state index in [-0.39, 0.29) is 17.0 Å². The number of nitrogens with zero attached hydrogens (tertiary/aromatic N) is 2. The standard InChI is InChI=1S/C24H18BrFN2O3S/c1-14-19(20(13-29)15(2)28(14)18-9-7-17(25)8-10-18)11-22-23(30)27(24(31)32-22)12-16-5-3-4-6-21(16)26/h3-11,13H,12H2,1-2H3/b22-11-. The second-order valence-corrected chi connectivity index (χ2v) is 9.20. The first-order valence-electron chi connectivity index (χ1n) is 9.73. The number of rotatable bonds is 5. The number of thioether (sulfide) groups is 1. The topological polar surface area (TPSA) is 59.4 Å². The van der Waals surface area contributed by atoms with Crippen LogP contribution in [-0.4, -0.2) is 26.9 Å². The van der Waals surface area contributed by atoms with E-state index in [1.807, 2.05) is 42.7 Å². The first-order valence-corrected chi connectivity index (χ1v) is 11.3. The maximum absolute atomic E-state index is 14.0. The molecule has 162 valence electrons. The molecule has 1 aromatic heterocycles. The summed E-state index contributed by atoms with van der Waals surface area (Å²) in [5.74, 6) is -0.981. The Bertz CT molecular complexity index is 1280. The van der Waals surface area contributed by atoms with Crippen LogP contribution in [0.3, 0.4) is 0 Å². The summed E-state index contributed by atoms with van der Waals surface area (Å²) in [6.07, 6.45) is 2.33. The average Bonchev–Trinajstić information content (AvgIpc) is 3.17. The molecule has 1 saturated heterocycles. The van der Waals surface area contributed by atoms with Crippen molar-refractivity contribution in [2.45, 2.75) is 20.4 Å². The highest BCUT2D eigenvalue weighted by atomic mass is 79.9. The van der Waals surface area contributed by atoms with Gasteiger partial charge in [-0.1, -0.05) is 34.1 Å². The maximum atomic E-state index is 14.0. The van der Waals surface area contributed by atoms with E-state index in [9.17, 15) is 18.8 Å². The van der Waals surface area contributed by atoms with Crippen molar-refractivity contribution in [1.82, 2.24) is 9.47 Å². The number of aromatic nitrogens is 1. The average molecular weight is 513 g/mol. The van der Waals surface area contributed by atoms with Gasteiger partial charge >= 0.3 is 0 Å². The molecule has 1 fully saturated rings. The van der Waals surface area contributed by atoms with Crippen LogP contribution in [0.5, 0.6) is 0 Å². The zero-order chi connectivity index (χ0) is 23.0. The lowest BCUT2D eigenvalue weighted by atomic mass is 10.1. The van der Waals surface area contributed by atoms with Crippen LogP contribution in [-0.2, 0) is 11.3 Å². The Kier molecular flexibility index (Phi) is 6.17. The Morgan fingerprint density at radius 3 is 2.31 bits per heavy atom. The predicted octanol–water partition coefficient (Wildman–Crippen LogP) is 6.04. The molecule has 8 heteroatoms. The number of carbonyl (C=O) groups excluding carboxylic acids is 3. The summed E-state index contributed by atoms with van der Waals surface area (Å²) in [5.41, 5.74) is 3.67. The highest BCUT2D eigenvalue weighted by Crippen LogP contribution is 2.36. The van der Waals surface area contributed by atoms with Crippen molar-refractivity contribution in [3.63, 3.8) is 0 Å². The molecular formula is C24H18BrFN2O3S. The molecule has 0 radical (unpaired) electrons. The van der Waals surface area contributed by atoms with Gasteiger partial charge in [-0.2, -0.15) is 0 Å². The number of hydrogen-bond donors (Lipinski definition) is 0. The zero-order valence-electron chi connectivity index (χ0n) is 17.3. The molecule has 0 unspecified atom stereocenters. The predicted molar refractivity (Wildman–Crippen MR) is 126 cm³/mol. The van der Waals surface area contributed by atoms with Gasteiger partial charge in [0.25, 0.3) is 11.1 Å². The quantitative estimate of drug-likeness (QED) is 0.308. The molecule has 2 aromatic carbocycles. The largest absolute Gasteiger partial charge is 0.317 e. The van der Waals surface area contributed by atoms with Gasteiger partial charge < -0.3 is 4.57 Å². The molecule has 0 spiro atoms. The number of aldehydes is 1. The monoisotopic (exact) mass is 512 g/mol. The van der Waals surface area contributed by atoms with E-state index >= 15 is 0 Å². The second-order valence-electron chi connectivity index (χ2n) is 7.29. The third-order valence-electron chi connectivity index (χ3n) is 5.38. The van der Waals surface area contributed by atoms with Crippen LogP contribution >= 0.6 is 27.7 Å². The summed E-state index contributed by atoms with van der Waals surface area (Å²) in [6.45, 7) is 3.55. The number of imide groups is 1. The molecular weight excluding hydrogens is 495 g/mol. The smallest absolute Gasteiger partial charge is 0.293 e. The van der Waals surface area contributed by atoms with Crippen LogP contribution in [0, 0.1) is 19.7 Å². The summed E-state index contributed by atoms with van der Waals surface area (Å²) in [6, 6.07) is 13.7. The Balaban J connectivity index is 1.72. The number of hydrogen-bond acceptors (Lipinski definition) is 4. The zero-order valence-corrected chi connectivity index (χ0v) is 19.7. The molecule has 4 rings (SSSR count). The van der Waals surface area contributed by atoms with Crippen LogP contribution in [0.15, 0.2) is 57.9 Å². The maximum Gasteiger partial charge on any atom is 0.293 e. The summed E-state index contributed by atoms with van der Waals surface area (Å²) in [7, 11) is 0. The van der Waals surface area contributed by atoms with Gasteiger partial charge in [-0.25, -0.2) is 4.39 Å². The van der Waals surface area contributed by atoms with Crippen LogP contribution in [0.1, 0.15) is 32.9 Å². The van der Waals surface area contributed by atoms with Crippen molar-refractivity contribution >= 4 is 51.2 Å². The van der Waals surface area contributed by atoms with Crippen molar-refractivity contribution in [2.24, 2.45) is 0 Å². The third-order valence-corrected chi connectivity index (χ3v) is 6.81. The van der Waals surface area contributed by atoms with E-state index in [0.717, 1.165) is 44.5 Å². The van der Waals surface area contributed by atoms with E-state index in [1.54, 1.807) is 24.3 Å². The van der Waals surface area contributed by atoms with Crippen LogP contribution in [0.25, 0.3) is 11.8 Å². The summed E-state index contributed by atoms with van der Waals surface area (Å²) in [4.78, 5) is 38.5. The minimum absolute atomic E-state index is 0.146. The minimum atomic E-state index is -0.506. The number of amides is 2. The van der Waals surface area contributed by atoms with Crippen LogP contribution < -0.4 is 0 Å². The van der Waals surface area contributed by atoms with Gasteiger partial charge in [0.2, 0.25) is 0 Å². The van der Waals surface area contributed by atoms with E-state index in [1.165, 1.54) is 6.07 Å². The molecule has 0 atom stereocenters. The van der Waals surface area contributed by atoms with E-state index in [4.69, 9.17) is 0 Å². The first kappa shape index (κ1) is 22.2. The Morgan fingerprint density at radius 2 is 1.66 bits per heavy atom. The Labute approximate surface area is 197 Å². The first-order chi connectivity index (χ1) is 15.3. The van der Waals surface area contributed by atoms with Crippen molar-refractivity contribution in [3.8, 4) is 5.69 Å². The third kappa shape index (κ3) is 3.96. The van der Waals surface area contributed by atoms with E-state index in [2.05, 4.69) is 15.9 Å². The highest BCUT2D eigenvalue weighted by Gasteiger charge is 2.36. The van der Waals surface area contributed by atoms with Gasteiger partial charge in [-0.05, 0) is 62.0 Å². The lowest BCUT2D eigenvalue weighted by Gasteiger charge is -2.12. The molecule has 0 bridgehead atoms. The molecule has 32 heavy (non-hydrogen) atoms. The van der Waals surface area contributed by atoms with E-state index in [0.29, 0.717) is 11.1 Å². The highest BCUT2D eigenvalue weighted by molar-refractivity contribution is 9.10. The lowest BCUT2D eigenvalue weighted by Crippen LogP contribution is -2.27. The normalized spacial score (nSPS) is 15.1. The minimum Gasteiger partial charge on any atom is -0.317 e. The van der Waals surface area contributed by atoms with Crippen LogP contribution in [0.2, 0.25) is 0 Å². The molecule has 0 saturated carbocycles. The number of halogens is 2. The SMILES string of the molecule is Cc1c(C=O)c(/C=C2\SC(=O)N(Cc3ccccc3F)C2=O)c(C)n1-c1ccc(Br)cc1. The lowest BCUT2D eigenvalue weighted by molar-refractivity contribution is -0.123. The fraction of sp³-hybridized carbons (Fsp3) is 0.125. The van der Waals surface area contributed by atoms with Crippen molar-refractivity contribution in [3.05, 3.63) is 91.8 Å². The summed E-state index contributed by atoms with van der Waals surface area (Å²) in [5, 5.41) is -0.473. The van der Waals surface area contributed by atoms with Gasteiger partial charge in [-0.3, -0.25) is 19.3 Å². The fourth-order valence-electron chi connectivity index (χ4n) is 3.76. The molecule has 1 aliphatic rings. The van der Waals surface area contributed by atoms with Gasteiger partial charge in [0, 0.05) is 38.2 Å². The summed E-state index contributed by atoms with van der Waals surface area (Å²) >= 11 is 4.20. The molecule has 0 aliphatic carbocycles. The van der Waals surface area contributed by atoms with Gasteiger partial charge in [0.05, 0.1) is 11.4 Å². The van der Waals surface area contributed by atoms with Crippen molar-refractivity contribution in [1.29, 1.82) is 0 Å². The van der Waals surface area contributed by atoms with Crippen molar-refractivity contribution < 1.29 is 18.8 Å².